The second-order valence-electron chi connectivity index (χ2n) is 7.55. The van der Waals surface area contributed by atoms with Crippen LogP contribution >= 0.6 is 0 Å². The number of carbonyl (C=O) groups excluding carboxylic acids is 1. The van der Waals surface area contributed by atoms with Gasteiger partial charge in [0.2, 0.25) is 0 Å². The maximum absolute atomic E-state index is 12.0. The molecule has 0 spiro atoms. The molecule has 0 aromatic heterocycles. The van der Waals surface area contributed by atoms with E-state index < -0.39 is 0 Å². The van der Waals surface area contributed by atoms with Crippen molar-refractivity contribution < 1.29 is 9.53 Å². The van der Waals surface area contributed by atoms with Crippen LogP contribution in [0.5, 0.6) is 0 Å². The van der Waals surface area contributed by atoms with E-state index in [1.165, 1.54) is 6.42 Å². The standard InChI is InChI=1S/C20H32O2/c1-8-15(4)9-11-17-12-10-16(5)19(20(17,6)7)22-18(21)13-14(2)3/h8,13,16-17,19H,1,4,9-12H2,2-3,5-7H3/t16?,17-,19+/m1/s1. The predicted molar refractivity (Wildman–Crippen MR) is 93.6 cm³/mol. The molecule has 1 rings (SSSR count). The summed E-state index contributed by atoms with van der Waals surface area (Å²) in [6.45, 7) is 18.3. The minimum Gasteiger partial charge on any atom is -0.458 e. The Labute approximate surface area is 136 Å². The molecule has 0 saturated heterocycles. The van der Waals surface area contributed by atoms with Gasteiger partial charge in [0.15, 0.2) is 0 Å². The number of esters is 1. The molecule has 0 radical (unpaired) electrons. The minimum atomic E-state index is -0.207. The maximum atomic E-state index is 12.0. The third-order valence-electron chi connectivity index (χ3n) is 5.03. The fourth-order valence-electron chi connectivity index (χ4n) is 3.59. The van der Waals surface area contributed by atoms with Crippen LogP contribution in [0.4, 0.5) is 0 Å². The molecular weight excluding hydrogens is 272 g/mol. The fourth-order valence-corrected chi connectivity index (χ4v) is 3.59. The Morgan fingerprint density at radius 1 is 1.32 bits per heavy atom. The summed E-state index contributed by atoms with van der Waals surface area (Å²) in [4.78, 5) is 12.0. The minimum absolute atomic E-state index is 0.00966. The molecule has 22 heavy (non-hydrogen) atoms. The molecule has 3 atom stereocenters. The lowest BCUT2D eigenvalue weighted by atomic mass is 9.62. The van der Waals surface area contributed by atoms with Crippen LogP contribution in [0.2, 0.25) is 0 Å². The third-order valence-corrected chi connectivity index (χ3v) is 5.03. The van der Waals surface area contributed by atoms with Crippen LogP contribution in [0.25, 0.3) is 0 Å². The average molecular weight is 304 g/mol. The number of carbonyl (C=O) groups is 1. The van der Waals surface area contributed by atoms with E-state index in [2.05, 4.69) is 33.9 Å². The van der Waals surface area contributed by atoms with Gasteiger partial charge in [-0.15, -0.1) is 0 Å². The van der Waals surface area contributed by atoms with Crippen LogP contribution in [0.15, 0.2) is 36.5 Å². The van der Waals surface area contributed by atoms with E-state index in [0.29, 0.717) is 11.8 Å². The highest BCUT2D eigenvalue weighted by molar-refractivity contribution is 5.82. The van der Waals surface area contributed by atoms with E-state index in [1.807, 2.05) is 19.9 Å². The first-order valence-corrected chi connectivity index (χ1v) is 8.34. The molecule has 2 nitrogen and oxygen atoms in total. The first kappa shape index (κ1) is 18.7. The summed E-state index contributed by atoms with van der Waals surface area (Å²) in [5.41, 5.74) is 2.06. The van der Waals surface area contributed by atoms with E-state index in [9.17, 15) is 4.79 Å². The molecule has 0 aromatic rings. The first-order chi connectivity index (χ1) is 10.2. The summed E-state index contributed by atoms with van der Waals surface area (Å²) >= 11 is 0. The van der Waals surface area contributed by atoms with E-state index in [-0.39, 0.29) is 17.5 Å². The lowest BCUT2D eigenvalue weighted by molar-refractivity contribution is -0.162. The zero-order valence-electron chi connectivity index (χ0n) is 14.9. The van der Waals surface area contributed by atoms with Gasteiger partial charge in [0.1, 0.15) is 6.10 Å². The van der Waals surface area contributed by atoms with Crippen molar-refractivity contribution in [1.29, 1.82) is 0 Å². The van der Waals surface area contributed by atoms with Crippen molar-refractivity contribution in [2.45, 2.75) is 66.4 Å². The molecule has 0 heterocycles. The SMILES string of the molecule is C=CC(=C)CC[C@@H]1CCC(C)[C@H](OC(=O)C=C(C)C)C1(C)C. The van der Waals surface area contributed by atoms with E-state index in [0.717, 1.165) is 30.4 Å². The molecule has 1 saturated carbocycles. The molecule has 1 aliphatic carbocycles. The van der Waals surface area contributed by atoms with Crippen LogP contribution in [0.1, 0.15) is 60.3 Å². The molecule has 0 aromatic carbocycles. The Morgan fingerprint density at radius 2 is 1.95 bits per heavy atom. The third kappa shape index (κ3) is 4.86. The summed E-state index contributed by atoms with van der Waals surface area (Å²) in [6.07, 6.45) is 7.77. The van der Waals surface area contributed by atoms with Crippen molar-refractivity contribution in [1.82, 2.24) is 0 Å². The Bertz CT molecular complexity index is 452. The average Bonchev–Trinajstić information content (AvgIpc) is 2.41. The van der Waals surface area contributed by atoms with Crippen molar-refractivity contribution in [3.05, 3.63) is 36.5 Å². The second-order valence-corrected chi connectivity index (χ2v) is 7.55. The Kier molecular flexibility index (Phi) is 6.65. The molecule has 1 fully saturated rings. The zero-order valence-corrected chi connectivity index (χ0v) is 14.9. The summed E-state index contributed by atoms with van der Waals surface area (Å²) in [7, 11) is 0. The molecule has 1 unspecified atom stereocenters. The van der Waals surface area contributed by atoms with Crippen molar-refractivity contribution in [2.24, 2.45) is 17.3 Å². The fraction of sp³-hybridized carbons (Fsp3) is 0.650. The van der Waals surface area contributed by atoms with Gasteiger partial charge in [0.05, 0.1) is 0 Å². The summed E-state index contributed by atoms with van der Waals surface area (Å²) < 4.78 is 5.84. The van der Waals surface area contributed by atoms with Gasteiger partial charge >= 0.3 is 5.97 Å². The van der Waals surface area contributed by atoms with E-state index in [4.69, 9.17) is 4.74 Å². The molecule has 1 aliphatic rings. The van der Waals surface area contributed by atoms with Crippen molar-refractivity contribution >= 4 is 5.97 Å². The first-order valence-electron chi connectivity index (χ1n) is 8.34. The number of hydrogen-bond acceptors (Lipinski definition) is 2. The normalized spacial score (nSPS) is 26.9. The zero-order chi connectivity index (χ0) is 16.9. The van der Waals surface area contributed by atoms with Gasteiger partial charge in [-0.25, -0.2) is 4.79 Å². The molecule has 0 bridgehead atoms. The van der Waals surface area contributed by atoms with Gasteiger partial charge in [-0.2, -0.15) is 0 Å². The Balaban J connectivity index is 2.81. The molecule has 2 heteroatoms. The largest absolute Gasteiger partial charge is 0.458 e. The molecular formula is C20H32O2. The second kappa shape index (κ2) is 7.80. The lowest BCUT2D eigenvalue weighted by Crippen LogP contribution is -2.47. The number of rotatable bonds is 6. The number of ether oxygens (including phenoxy) is 1. The van der Waals surface area contributed by atoms with E-state index >= 15 is 0 Å². The summed E-state index contributed by atoms with van der Waals surface area (Å²) in [5.74, 6) is 0.745. The molecule has 124 valence electrons. The number of hydrogen-bond donors (Lipinski definition) is 0. The lowest BCUT2D eigenvalue weighted by Gasteiger charge is -2.47. The van der Waals surface area contributed by atoms with Crippen LogP contribution in [0.3, 0.4) is 0 Å². The quantitative estimate of drug-likeness (QED) is 0.370. The smallest absolute Gasteiger partial charge is 0.330 e. The topological polar surface area (TPSA) is 26.3 Å². The van der Waals surface area contributed by atoms with Gasteiger partial charge in [-0.1, -0.05) is 51.2 Å². The molecule has 0 amide bonds. The monoisotopic (exact) mass is 304 g/mol. The van der Waals surface area contributed by atoms with Gasteiger partial charge in [-0.3, -0.25) is 0 Å². The van der Waals surface area contributed by atoms with Gasteiger partial charge < -0.3 is 4.74 Å². The highest BCUT2D eigenvalue weighted by Crippen LogP contribution is 2.47. The van der Waals surface area contributed by atoms with Crippen LogP contribution in [-0.2, 0) is 9.53 Å². The predicted octanol–water partition coefficient (Wildman–Crippen LogP) is 5.46. The Hall–Kier alpha value is -1.31. The van der Waals surface area contributed by atoms with Gasteiger partial charge in [-0.05, 0) is 51.4 Å². The van der Waals surface area contributed by atoms with E-state index in [1.54, 1.807) is 6.08 Å². The van der Waals surface area contributed by atoms with Gasteiger partial charge in [0, 0.05) is 11.5 Å². The van der Waals surface area contributed by atoms with Crippen molar-refractivity contribution in [3.63, 3.8) is 0 Å². The van der Waals surface area contributed by atoms with Crippen LogP contribution in [0, 0.1) is 17.3 Å². The highest BCUT2D eigenvalue weighted by atomic mass is 16.5. The van der Waals surface area contributed by atoms with Crippen LogP contribution < -0.4 is 0 Å². The summed E-state index contributed by atoms with van der Waals surface area (Å²) in [5, 5.41) is 0. The van der Waals surface area contributed by atoms with Crippen LogP contribution in [-0.4, -0.2) is 12.1 Å². The molecule has 0 N–H and O–H groups in total. The number of allylic oxidation sites excluding steroid dienone is 3. The highest BCUT2D eigenvalue weighted by Gasteiger charge is 2.45. The summed E-state index contributed by atoms with van der Waals surface area (Å²) in [6, 6.07) is 0. The van der Waals surface area contributed by atoms with Gasteiger partial charge in [0.25, 0.3) is 0 Å². The Morgan fingerprint density at radius 3 is 2.50 bits per heavy atom. The molecule has 0 aliphatic heterocycles. The van der Waals surface area contributed by atoms with Crippen molar-refractivity contribution in [2.75, 3.05) is 0 Å². The maximum Gasteiger partial charge on any atom is 0.330 e. The van der Waals surface area contributed by atoms with Crippen molar-refractivity contribution in [3.8, 4) is 0 Å².